The van der Waals surface area contributed by atoms with Crippen LogP contribution in [0.25, 0.3) is 21.8 Å². The standard InChI is InChI=1S/C24H28N2O3.C23H28N2O4.C22H26N2O/c1-5-29-23(28)21-15-17-14-19(11-12-20(17)26-21)25-22(27)13-8-16-6-9-18(10-7-16)24(2,3)4;1-15(26)24-18-13-20-21(29-12-11-28-20)14-19(18)25-22(27)10-7-16-5-8-17(9-6-16)23(2,3)4;1-15-13-17-14-19(10-11-20(17)23-15)24-21(25)12-7-16-5-8-18(9-6-16)22(2,3)4/h6-7,9-12,14-15,26H,5,8,13H2,1-4H3,(H,25,27);5-6,8-9,13-14H,7,10-12H2,1-4H3,(H,24,26)(H,25,27);5-6,8-11,13-14,23H,7,12H2,1-4H3,(H,24,25). The number of aryl methyl sites for hydroxylation is 4. The molecule has 0 fully saturated rings. The van der Waals surface area contributed by atoms with Gasteiger partial charge in [0.1, 0.15) is 18.9 Å². The highest BCUT2D eigenvalue weighted by Crippen LogP contribution is 2.39. The third-order valence-electron chi connectivity index (χ3n) is 14.1. The zero-order valence-corrected chi connectivity index (χ0v) is 50.3. The summed E-state index contributed by atoms with van der Waals surface area (Å²) in [5, 5.41) is 13.5. The Morgan fingerprint density at radius 3 is 1.27 bits per heavy atom. The molecule has 4 amide bonds. The maximum Gasteiger partial charge on any atom is 0.354 e. The molecule has 0 aliphatic carbocycles. The molecule has 6 N–H and O–H groups in total. The van der Waals surface area contributed by atoms with Gasteiger partial charge in [-0.15, -0.1) is 0 Å². The lowest BCUT2D eigenvalue weighted by atomic mass is 9.86. The number of carbonyl (C=O) groups is 5. The number of amides is 4. The summed E-state index contributed by atoms with van der Waals surface area (Å²) in [5.41, 5.74) is 13.7. The minimum Gasteiger partial charge on any atom is -0.486 e. The maximum absolute atomic E-state index is 12.5. The molecule has 0 unspecified atom stereocenters. The number of carbonyl (C=O) groups excluding carboxylic acids is 5. The number of hydrogen-bond acceptors (Lipinski definition) is 8. The van der Waals surface area contributed by atoms with Gasteiger partial charge in [0.05, 0.1) is 18.0 Å². The number of fused-ring (bicyclic) bond motifs is 3. The van der Waals surface area contributed by atoms with E-state index in [1.807, 2.05) is 43.3 Å². The van der Waals surface area contributed by atoms with Crippen LogP contribution in [0.4, 0.5) is 22.7 Å². The highest BCUT2D eigenvalue weighted by atomic mass is 16.6. The number of hydrogen-bond donors (Lipinski definition) is 6. The van der Waals surface area contributed by atoms with Crippen molar-refractivity contribution in [2.75, 3.05) is 41.1 Å². The lowest BCUT2D eigenvalue weighted by Crippen LogP contribution is -2.19. The smallest absolute Gasteiger partial charge is 0.354 e. The molecule has 9 rings (SSSR count). The Hall–Kier alpha value is -8.65. The van der Waals surface area contributed by atoms with Crippen LogP contribution in [0.5, 0.6) is 11.5 Å². The number of rotatable bonds is 15. The van der Waals surface area contributed by atoms with Gasteiger partial charge in [-0.25, -0.2) is 4.79 Å². The zero-order valence-electron chi connectivity index (χ0n) is 50.3. The molecule has 6 aromatic carbocycles. The molecule has 1 aliphatic rings. The summed E-state index contributed by atoms with van der Waals surface area (Å²) in [4.78, 5) is 66.8. The Bertz CT molecular complexity index is 3540. The van der Waals surface area contributed by atoms with Crippen LogP contribution < -0.4 is 30.7 Å². The minimum atomic E-state index is -0.383. The molecule has 0 bridgehead atoms. The van der Waals surface area contributed by atoms with Crippen molar-refractivity contribution in [1.29, 1.82) is 0 Å². The zero-order chi connectivity index (χ0) is 60.1. The fraction of sp³-hybridized carbons (Fsp3) is 0.348. The van der Waals surface area contributed by atoms with E-state index in [0.717, 1.165) is 50.7 Å². The molecule has 0 radical (unpaired) electrons. The van der Waals surface area contributed by atoms with Crippen LogP contribution in [0.3, 0.4) is 0 Å². The predicted molar refractivity (Wildman–Crippen MR) is 335 cm³/mol. The third kappa shape index (κ3) is 18.4. The molecule has 8 aromatic rings. The Morgan fingerprint density at radius 2 is 0.867 bits per heavy atom. The van der Waals surface area contributed by atoms with Crippen molar-refractivity contribution in [3.63, 3.8) is 0 Å². The summed E-state index contributed by atoms with van der Waals surface area (Å²) in [5.74, 6) is 0.378. The van der Waals surface area contributed by atoms with Crippen molar-refractivity contribution in [1.82, 2.24) is 9.97 Å². The van der Waals surface area contributed by atoms with Gasteiger partial charge < -0.3 is 45.4 Å². The second kappa shape index (κ2) is 27.4. The summed E-state index contributed by atoms with van der Waals surface area (Å²) in [6.07, 6.45) is 3.31. The summed E-state index contributed by atoms with van der Waals surface area (Å²) in [7, 11) is 0. The van der Waals surface area contributed by atoms with Crippen LogP contribution in [0, 0.1) is 6.92 Å². The number of anilines is 4. The molecule has 0 spiro atoms. The third-order valence-corrected chi connectivity index (χ3v) is 14.1. The average molecular weight is 1120 g/mol. The van der Waals surface area contributed by atoms with Gasteiger partial charge >= 0.3 is 5.97 Å². The van der Waals surface area contributed by atoms with Crippen molar-refractivity contribution >= 4 is 74.2 Å². The van der Waals surface area contributed by atoms with E-state index in [2.05, 4.69) is 172 Å². The van der Waals surface area contributed by atoms with E-state index < -0.39 is 0 Å². The van der Waals surface area contributed by atoms with Crippen molar-refractivity contribution in [2.24, 2.45) is 0 Å². The molecule has 83 heavy (non-hydrogen) atoms. The number of esters is 1. The van der Waals surface area contributed by atoms with Crippen LogP contribution in [-0.4, -0.2) is 59.4 Å². The van der Waals surface area contributed by atoms with Crippen LogP contribution in [0.2, 0.25) is 0 Å². The second-order valence-corrected chi connectivity index (χ2v) is 24.2. The minimum absolute atomic E-state index is 0.0367. The van der Waals surface area contributed by atoms with E-state index in [-0.39, 0.29) is 45.8 Å². The van der Waals surface area contributed by atoms with E-state index in [1.54, 1.807) is 25.1 Å². The van der Waals surface area contributed by atoms with Crippen LogP contribution in [-0.2, 0) is 59.4 Å². The van der Waals surface area contributed by atoms with Crippen molar-refractivity contribution in [2.45, 2.75) is 138 Å². The number of aromatic nitrogens is 2. The van der Waals surface area contributed by atoms with Gasteiger partial charge in [-0.1, -0.05) is 135 Å². The fourth-order valence-corrected chi connectivity index (χ4v) is 9.32. The molecular formula is C69H82N6O8. The first-order valence-electron chi connectivity index (χ1n) is 28.6. The molecule has 0 saturated carbocycles. The van der Waals surface area contributed by atoms with Gasteiger partial charge in [-0.2, -0.15) is 0 Å². The second-order valence-electron chi connectivity index (χ2n) is 24.2. The van der Waals surface area contributed by atoms with Crippen LogP contribution >= 0.6 is 0 Å². The predicted octanol–water partition coefficient (Wildman–Crippen LogP) is 14.8. The highest BCUT2D eigenvalue weighted by molar-refractivity contribution is 6.00. The lowest BCUT2D eigenvalue weighted by Gasteiger charge is -2.21. The van der Waals surface area contributed by atoms with E-state index in [4.69, 9.17) is 14.2 Å². The number of benzene rings is 6. The lowest BCUT2D eigenvalue weighted by molar-refractivity contribution is -0.117. The molecule has 0 atom stereocenters. The fourth-order valence-electron chi connectivity index (χ4n) is 9.32. The highest BCUT2D eigenvalue weighted by Gasteiger charge is 2.20. The maximum atomic E-state index is 12.5. The summed E-state index contributed by atoms with van der Waals surface area (Å²) in [6.45, 7) is 26.2. The number of H-pyrrole nitrogens is 2. The van der Waals surface area contributed by atoms with Gasteiger partial charge in [-0.05, 0) is 131 Å². The Kier molecular flexibility index (Phi) is 20.5. The van der Waals surface area contributed by atoms with E-state index in [9.17, 15) is 24.0 Å². The number of aromatic amines is 2. The van der Waals surface area contributed by atoms with E-state index >= 15 is 0 Å². The van der Waals surface area contributed by atoms with E-state index in [1.165, 1.54) is 29.2 Å². The van der Waals surface area contributed by atoms with Crippen molar-refractivity contribution < 1.29 is 38.2 Å². The Morgan fingerprint density at radius 1 is 0.482 bits per heavy atom. The first kappa shape index (κ1) is 62.0. The van der Waals surface area contributed by atoms with Gasteiger partial charge in [-0.3, -0.25) is 19.2 Å². The van der Waals surface area contributed by atoms with Crippen molar-refractivity contribution in [3.8, 4) is 11.5 Å². The average Bonchev–Trinajstić information content (AvgIpc) is 4.29. The quantitative estimate of drug-likeness (QED) is 0.0546. The van der Waals surface area contributed by atoms with Crippen molar-refractivity contribution in [3.05, 3.63) is 178 Å². The molecular weight excluding hydrogens is 1040 g/mol. The largest absolute Gasteiger partial charge is 0.486 e. The monoisotopic (exact) mass is 1120 g/mol. The molecule has 0 saturated heterocycles. The molecule has 14 heteroatoms. The summed E-state index contributed by atoms with van der Waals surface area (Å²) in [6, 6.07) is 44.1. The first-order valence-corrected chi connectivity index (χ1v) is 28.6. The first-order chi connectivity index (χ1) is 39.3. The molecule has 14 nitrogen and oxygen atoms in total. The summed E-state index contributed by atoms with van der Waals surface area (Å²) < 4.78 is 16.2. The summed E-state index contributed by atoms with van der Waals surface area (Å²) >= 11 is 0. The normalized spacial score (nSPS) is 12.0. The van der Waals surface area contributed by atoms with Crippen LogP contribution in [0.15, 0.2) is 133 Å². The molecule has 2 aromatic heterocycles. The van der Waals surface area contributed by atoms with Crippen LogP contribution in [0.1, 0.15) is 145 Å². The topological polar surface area (TPSA) is 193 Å². The van der Waals surface area contributed by atoms with Gasteiger partial charge in [0, 0.05) is 77.2 Å². The van der Waals surface area contributed by atoms with Gasteiger partial charge in [0.25, 0.3) is 0 Å². The van der Waals surface area contributed by atoms with Gasteiger partial charge in [0.15, 0.2) is 11.5 Å². The Labute approximate surface area is 488 Å². The SMILES string of the molecule is CC(=O)Nc1cc2c(cc1NC(=O)CCc1ccc(C(C)(C)C)cc1)OCCO2.CCOC(=O)c1cc2cc(NC(=O)CCc3ccc(C(C)(C)C)cc3)ccc2[nH]1.Cc1cc2cc(NC(=O)CCc3ccc(C(C)(C)C)cc3)ccc2[nH]1. The number of nitrogens with one attached hydrogen (secondary N) is 6. The number of ether oxygens (including phenoxy) is 3. The molecule has 3 heterocycles. The Balaban J connectivity index is 0.000000180. The van der Waals surface area contributed by atoms with Gasteiger partial charge in [0.2, 0.25) is 23.6 Å². The molecule has 436 valence electrons. The van der Waals surface area contributed by atoms with E-state index in [0.29, 0.717) is 86.2 Å². The molecule has 1 aliphatic heterocycles.